The molecule has 45 heavy (non-hydrogen) atoms. The molecule has 0 aliphatic heterocycles. The zero-order chi connectivity index (χ0) is 31.0. The molecule has 1 unspecified atom stereocenters. The number of hydrogen-bond donors (Lipinski definition) is 0. The molecule has 238 valence electrons. The van der Waals surface area contributed by atoms with E-state index in [0.717, 1.165) is 45.9 Å². The van der Waals surface area contributed by atoms with Gasteiger partial charge in [-0.3, -0.25) is 0 Å². The van der Waals surface area contributed by atoms with Crippen molar-refractivity contribution in [3.05, 3.63) is 119 Å². The predicted molar refractivity (Wildman–Crippen MR) is 187 cm³/mol. The maximum atomic E-state index is 6.27. The minimum Gasteiger partial charge on any atom is -0.671 e. The third kappa shape index (κ3) is 7.09. The van der Waals surface area contributed by atoms with Crippen LogP contribution in [0.5, 0.6) is 0 Å². The predicted octanol–water partition coefficient (Wildman–Crippen LogP) is 11.9. The smallest absolute Gasteiger partial charge is 0.0974 e. The van der Waals surface area contributed by atoms with Gasteiger partial charge in [0, 0.05) is 44.7 Å². The number of benzene rings is 3. The second kappa shape index (κ2) is 15.1. The number of imidazole rings is 1. The van der Waals surface area contributed by atoms with Crippen molar-refractivity contribution in [2.24, 2.45) is 7.05 Å². The standard InChI is InChI=1S/C39H47N3O.CH3.Hf/c1-11-33-36(31-16-12-13-21-34(31)43-33)32-22-42(10)39(40-32)38(35-27(23(2)3)17-14-18-28(35)24(4)5)41-37-29(25(6)7)19-15-20-30(37)26(8)9;;/h12-15,17-26,38H,11H2,1-10H3;1H3;/q-2;-1;. The van der Waals surface area contributed by atoms with Crippen molar-refractivity contribution in [3.63, 3.8) is 0 Å². The van der Waals surface area contributed by atoms with Crippen LogP contribution in [-0.2, 0) is 39.3 Å². The Kier molecular flexibility index (Phi) is 12.3. The summed E-state index contributed by atoms with van der Waals surface area (Å²) in [5.74, 6) is 3.25. The largest absolute Gasteiger partial charge is 0.671 e. The van der Waals surface area contributed by atoms with Crippen molar-refractivity contribution in [2.45, 2.75) is 98.4 Å². The normalized spacial score (nSPS) is 12.2. The fourth-order valence-electron chi connectivity index (χ4n) is 6.37. The molecule has 0 fully saturated rings. The third-order valence-corrected chi connectivity index (χ3v) is 8.61. The Morgan fingerprint density at radius 2 is 1.33 bits per heavy atom. The number of nitrogens with zero attached hydrogens (tertiary/aromatic N) is 3. The van der Waals surface area contributed by atoms with E-state index in [0.29, 0.717) is 23.7 Å². The second-order valence-corrected chi connectivity index (χ2v) is 13.0. The van der Waals surface area contributed by atoms with Crippen LogP contribution in [0.15, 0.2) is 65.2 Å². The SMILES string of the molecule is CCc1oc2ccc[c-]c2c1-c1cn(C)c(C([N-]c2c(C(C)C)cccc2C(C)C)c2c(C(C)C)cccc2C(C)C)n1.[CH3-].[Hf]. The number of para-hydroxylation sites is 1. The Bertz CT molecular complexity index is 1670. The van der Waals surface area contributed by atoms with Gasteiger partial charge in [-0.2, -0.15) is 0 Å². The van der Waals surface area contributed by atoms with Gasteiger partial charge in [0.25, 0.3) is 0 Å². The monoisotopic (exact) mass is 768 g/mol. The van der Waals surface area contributed by atoms with Crippen LogP contribution in [0.3, 0.4) is 0 Å². The molecule has 0 aliphatic rings. The average Bonchev–Trinajstić information content (AvgIpc) is 3.54. The van der Waals surface area contributed by atoms with Gasteiger partial charge in [0.1, 0.15) is 0 Å². The molecule has 2 aromatic heterocycles. The van der Waals surface area contributed by atoms with Gasteiger partial charge in [0.05, 0.1) is 17.3 Å². The van der Waals surface area contributed by atoms with Crippen molar-refractivity contribution >= 4 is 16.7 Å². The maximum absolute atomic E-state index is 6.27. The summed E-state index contributed by atoms with van der Waals surface area (Å²) in [5.41, 5.74) is 10.4. The fraction of sp³-hybridized carbons (Fsp3) is 0.400. The van der Waals surface area contributed by atoms with Crippen molar-refractivity contribution in [2.75, 3.05) is 0 Å². The van der Waals surface area contributed by atoms with E-state index in [1.54, 1.807) is 0 Å². The molecule has 0 saturated carbocycles. The number of furan rings is 1. The molecule has 1 atom stereocenters. The molecular weight excluding hydrogens is 717 g/mol. The number of fused-ring (bicyclic) bond motifs is 1. The van der Waals surface area contributed by atoms with Crippen LogP contribution in [0.4, 0.5) is 5.69 Å². The molecule has 0 radical (unpaired) electrons. The minimum absolute atomic E-state index is 0. The molecule has 0 aliphatic carbocycles. The van der Waals surface area contributed by atoms with Crippen LogP contribution in [0.2, 0.25) is 0 Å². The van der Waals surface area contributed by atoms with Crippen LogP contribution in [-0.4, -0.2) is 9.55 Å². The van der Waals surface area contributed by atoms with E-state index < -0.39 is 0 Å². The van der Waals surface area contributed by atoms with Crippen LogP contribution >= 0.6 is 0 Å². The third-order valence-electron chi connectivity index (χ3n) is 8.61. The maximum Gasteiger partial charge on any atom is 0.0974 e. The number of aryl methyl sites for hydroxylation is 2. The molecule has 5 aromatic rings. The van der Waals surface area contributed by atoms with E-state index in [9.17, 15) is 0 Å². The first kappa shape index (κ1) is 36.5. The minimum atomic E-state index is -0.278. The molecular formula is C40H50HfN3O-3. The molecule has 0 N–H and O–H groups in total. The Labute approximate surface area is 290 Å². The van der Waals surface area contributed by atoms with Gasteiger partial charge in [0.2, 0.25) is 0 Å². The molecule has 0 amide bonds. The average molecular weight is 767 g/mol. The van der Waals surface area contributed by atoms with Gasteiger partial charge in [-0.25, -0.2) is 4.98 Å². The van der Waals surface area contributed by atoms with Crippen LogP contribution in [0.25, 0.3) is 27.5 Å². The van der Waals surface area contributed by atoms with Crippen LogP contribution in [0, 0.1) is 13.5 Å². The molecule has 5 heteroatoms. The summed E-state index contributed by atoms with van der Waals surface area (Å²) in [6.45, 7) is 20.3. The van der Waals surface area contributed by atoms with Crippen LogP contribution < -0.4 is 0 Å². The molecule has 5 rings (SSSR count). The summed E-state index contributed by atoms with van der Waals surface area (Å²) in [4.78, 5) is 5.42. The topological polar surface area (TPSA) is 45.1 Å². The summed E-state index contributed by atoms with van der Waals surface area (Å²) < 4.78 is 8.45. The quantitative estimate of drug-likeness (QED) is 0.105. The van der Waals surface area contributed by atoms with Crippen molar-refractivity contribution in [1.29, 1.82) is 0 Å². The Morgan fingerprint density at radius 3 is 1.84 bits per heavy atom. The van der Waals surface area contributed by atoms with Crippen molar-refractivity contribution in [3.8, 4) is 11.3 Å². The van der Waals surface area contributed by atoms with Gasteiger partial charge < -0.3 is 21.7 Å². The second-order valence-electron chi connectivity index (χ2n) is 13.0. The molecule has 0 bridgehead atoms. The first-order valence-electron chi connectivity index (χ1n) is 15.9. The zero-order valence-electron chi connectivity index (χ0n) is 29.1. The van der Waals surface area contributed by atoms with Gasteiger partial charge >= 0.3 is 0 Å². The molecule has 3 aromatic carbocycles. The molecule has 0 spiro atoms. The summed E-state index contributed by atoms with van der Waals surface area (Å²) in [6.07, 6.45) is 2.93. The summed E-state index contributed by atoms with van der Waals surface area (Å²) >= 11 is 0. The van der Waals surface area contributed by atoms with Gasteiger partial charge in [0.15, 0.2) is 0 Å². The summed E-state index contributed by atoms with van der Waals surface area (Å²) in [5, 5.41) is 6.76. The fourth-order valence-corrected chi connectivity index (χ4v) is 6.37. The number of aromatic nitrogens is 2. The molecule has 2 heterocycles. The van der Waals surface area contributed by atoms with E-state index in [2.05, 4.69) is 123 Å². The number of hydrogen-bond acceptors (Lipinski definition) is 2. The van der Waals surface area contributed by atoms with E-state index in [1.807, 2.05) is 18.2 Å². The van der Waals surface area contributed by atoms with E-state index in [4.69, 9.17) is 14.7 Å². The molecule has 0 saturated heterocycles. The summed E-state index contributed by atoms with van der Waals surface area (Å²) in [7, 11) is 2.11. The van der Waals surface area contributed by atoms with Gasteiger partial charge in [-0.1, -0.05) is 115 Å². The van der Waals surface area contributed by atoms with Gasteiger partial charge in [-0.15, -0.1) is 30.0 Å². The van der Waals surface area contributed by atoms with Crippen LogP contribution in [0.1, 0.15) is 131 Å². The van der Waals surface area contributed by atoms with Crippen molar-refractivity contribution in [1.82, 2.24) is 9.55 Å². The van der Waals surface area contributed by atoms with E-state index >= 15 is 0 Å². The Hall–Kier alpha value is -2.92. The van der Waals surface area contributed by atoms with E-state index in [-0.39, 0.29) is 39.3 Å². The zero-order valence-corrected chi connectivity index (χ0v) is 32.7. The van der Waals surface area contributed by atoms with E-state index in [1.165, 1.54) is 27.8 Å². The first-order valence-corrected chi connectivity index (χ1v) is 15.9. The molecule has 4 nitrogen and oxygen atoms in total. The number of rotatable bonds is 10. The first-order chi connectivity index (χ1) is 20.5. The van der Waals surface area contributed by atoms with Crippen molar-refractivity contribution < 1.29 is 30.3 Å². The van der Waals surface area contributed by atoms with Gasteiger partial charge in [-0.05, 0) is 58.4 Å². The Morgan fingerprint density at radius 1 is 0.800 bits per heavy atom. The summed E-state index contributed by atoms with van der Waals surface area (Å²) in [6, 6.07) is 22.5. The Balaban J connectivity index is 0.00000276.